The maximum absolute atomic E-state index is 12.3. The number of benzene rings is 1. The summed E-state index contributed by atoms with van der Waals surface area (Å²) in [5, 5.41) is 9.31. The molecule has 1 aromatic carbocycles. The molecule has 0 spiro atoms. The molecule has 0 aliphatic heterocycles. The highest BCUT2D eigenvalue weighted by Crippen LogP contribution is 2.26. The van der Waals surface area contributed by atoms with Crippen LogP contribution in [0.3, 0.4) is 0 Å². The van der Waals surface area contributed by atoms with Crippen molar-refractivity contribution in [2.24, 2.45) is 5.10 Å². The van der Waals surface area contributed by atoms with E-state index in [4.69, 9.17) is 23.2 Å². The van der Waals surface area contributed by atoms with E-state index in [1.165, 1.54) is 17.4 Å². The Balaban J connectivity index is 2.20. The monoisotopic (exact) mass is 369 g/mol. The van der Waals surface area contributed by atoms with Gasteiger partial charge in [0, 0.05) is 10.7 Å². The summed E-state index contributed by atoms with van der Waals surface area (Å²) in [5.74, 6) is -0.843. The van der Waals surface area contributed by atoms with Crippen LogP contribution >= 0.6 is 34.5 Å². The van der Waals surface area contributed by atoms with Gasteiger partial charge in [-0.2, -0.15) is 5.10 Å². The maximum atomic E-state index is 12.3. The van der Waals surface area contributed by atoms with Gasteiger partial charge in [0.05, 0.1) is 16.1 Å². The van der Waals surface area contributed by atoms with Crippen molar-refractivity contribution in [3.63, 3.8) is 0 Å². The number of rotatable bonds is 4. The molecule has 120 valence electrons. The lowest BCUT2D eigenvalue weighted by atomic mass is 10.2. The molecule has 5 nitrogen and oxygen atoms in total. The molecule has 1 heterocycles. The predicted octanol–water partition coefficient (Wildman–Crippen LogP) is 4.43. The molecule has 2 aromatic rings. The summed E-state index contributed by atoms with van der Waals surface area (Å²) >= 11 is 13.1. The van der Waals surface area contributed by atoms with Gasteiger partial charge in [0.1, 0.15) is 5.00 Å². The standard InChI is InChI=1S/C15H13Cl2N3O2S/c1-8(2)19-20-14(22)10-5-6-23-15(10)18-13(21)11-7-9(16)3-4-12(11)17/h3-7H,1-2H3,(H,18,21)(H,20,22). The van der Waals surface area contributed by atoms with Crippen LogP contribution in [0.25, 0.3) is 0 Å². The van der Waals surface area contributed by atoms with Gasteiger partial charge in [0.2, 0.25) is 0 Å². The fraction of sp³-hybridized carbons (Fsp3) is 0.133. The second kappa shape index (κ2) is 7.59. The van der Waals surface area contributed by atoms with Crippen LogP contribution in [0, 0.1) is 0 Å². The number of hydrazone groups is 1. The lowest BCUT2D eigenvalue weighted by molar-refractivity contribution is 0.0956. The Bertz CT molecular complexity index is 783. The lowest BCUT2D eigenvalue weighted by Crippen LogP contribution is -2.20. The van der Waals surface area contributed by atoms with E-state index >= 15 is 0 Å². The quantitative estimate of drug-likeness (QED) is 0.617. The molecular formula is C15H13Cl2N3O2S. The number of nitrogens with zero attached hydrogens (tertiary/aromatic N) is 1. The Hall–Kier alpha value is -1.89. The van der Waals surface area contributed by atoms with Crippen LogP contribution < -0.4 is 10.7 Å². The maximum Gasteiger partial charge on any atom is 0.274 e. The van der Waals surface area contributed by atoms with Crippen molar-refractivity contribution in [2.45, 2.75) is 13.8 Å². The van der Waals surface area contributed by atoms with Gasteiger partial charge >= 0.3 is 0 Å². The fourth-order valence-electron chi connectivity index (χ4n) is 1.65. The van der Waals surface area contributed by atoms with Gasteiger partial charge in [-0.15, -0.1) is 11.3 Å². The number of thiophene rings is 1. The first-order valence-electron chi connectivity index (χ1n) is 6.53. The molecule has 2 amide bonds. The molecule has 0 saturated heterocycles. The van der Waals surface area contributed by atoms with E-state index in [1.54, 1.807) is 37.4 Å². The summed E-state index contributed by atoms with van der Waals surface area (Å²) in [5.41, 5.74) is 3.69. The van der Waals surface area contributed by atoms with Crippen molar-refractivity contribution in [3.05, 3.63) is 50.8 Å². The highest BCUT2D eigenvalue weighted by atomic mass is 35.5. The second-order valence-electron chi connectivity index (χ2n) is 4.74. The van der Waals surface area contributed by atoms with E-state index in [-0.39, 0.29) is 10.6 Å². The molecule has 2 rings (SSSR count). The van der Waals surface area contributed by atoms with Crippen molar-refractivity contribution in [1.82, 2.24) is 5.43 Å². The average molecular weight is 370 g/mol. The number of carbonyl (C=O) groups excluding carboxylic acids is 2. The Labute approximate surface area is 147 Å². The molecule has 0 saturated carbocycles. The molecule has 2 N–H and O–H groups in total. The van der Waals surface area contributed by atoms with E-state index in [9.17, 15) is 9.59 Å². The van der Waals surface area contributed by atoms with Crippen LogP contribution in [0.1, 0.15) is 34.6 Å². The smallest absolute Gasteiger partial charge is 0.274 e. The first kappa shape index (κ1) is 17.5. The summed E-state index contributed by atoms with van der Waals surface area (Å²) in [7, 11) is 0. The molecular weight excluding hydrogens is 357 g/mol. The first-order chi connectivity index (χ1) is 10.9. The molecule has 1 aromatic heterocycles. The summed E-state index contributed by atoms with van der Waals surface area (Å²) < 4.78 is 0. The number of carbonyl (C=O) groups is 2. The first-order valence-corrected chi connectivity index (χ1v) is 8.17. The van der Waals surface area contributed by atoms with Gasteiger partial charge in [-0.05, 0) is 43.5 Å². The van der Waals surface area contributed by atoms with E-state index < -0.39 is 11.8 Å². The highest BCUT2D eigenvalue weighted by molar-refractivity contribution is 7.14. The summed E-state index contributed by atoms with van der Waals surface area (Å²) in [4.78, 5) is 24.4. The van der Waals surface area contributed by atoms with Crippen LogP contribution in [0.2, 0.25) is 10.0 Å². The second-order valence-corrected chi connectivity index (χ2v) is 6.50. The number of halogens is 2. The van der Waals surface area contributed by atoms with Gasteiger partial charge in [-0.1, -0.05) is 23.2 Å². The molecule has 0 aliphatic carbocycles. The third-order valence-electron chi connectivity index (χ3n) is 2.69. The molecule has 0 bridgehead atoms. The zero-order chi connectivity index (χ0) is 17.0. The Kier molecular flexibility index (Phi) is 5.76. The summed E-state index contributed by atoms with van der Waals surface area (Å²) in [6, 6.07) is 6.21. The van der Waals surface area contributed by atoms with Crippen LogP contribution in [0.15, 0.2) is 34.7 Å². The van der Waals surface area contributed by atoms with Gasteiger partial charge in [-0.3, -0.25) is 9.59 Å². The molecule has 0 aliphatic rings. The third-order valence-corrected chi connectivity index (χ3v) is 4.09. The van der Waals surface area contributed by atoms with E-state index in [2.05, 4.69) is 15.8 Å². The molecule has 0 fully saturated rings. The Morgan fingerprint density at radius 3 is 2.52 bits per heavy atom. The van der Waals surface area contributed by atoms with E-state index in [0.29, 0.717) is 21.3 Å². The largest absolute Gasteiger partial charge is 0.313 e. The zero-order valence-electron chi connectivity index (χ0n) is 12.3. The SMILES string of the molecule is CC(C)=NNC(=O)c1ccsc1NC(=O)c1cc(Cl)ccc1Cl. The van der Waals surface area contributed by atoms with E-state index in [0.717, 1.165) is 0 Å². The summed E-state index contributed by atoms with van der Waals surface area (Å²) in [6.07, 6.45) is 0. The van der Waals surface area contributed by atoms with Gasteiger partial charge in [-0.25, -0.2) is 5.43 Å². The number of hydrogen-bond acceptors (Lipinski definition) is 4. The molecule has 0 radical (unpaired) electrons. The van der Waals surface area contributed by atoms with Crippen molar-refractivity contribution < 1.29 is 9.59 Å². The number of anilines is 1. The number of nitrogens with one attached hydrogen (secondary N) is 2. The number of amides is 2. The predicted molar refractivity (Wildman–Crippen MR) is 95.0 cm³/mol. The van der Waals surface area contributed by atoms with Crippen molar-refractivity contribution in [3.8, 4) is 0 Å². The van der Waals surface area contributed by atoms with Crippen molar-refractivity contribution in [2.75, 3.05) is 5.32 Å². The normalized spacial score (nSPS) is 10.1. The summed E-state index contributed by atoms with van der Waals surface area (Å²) in [6.45, 7) is 3.52. The van der Waals surface area contributed by atoms with Crippen LogP contribution in [-0.2, 0) is 0 Å². The van der Waals surface area contributed by atoms with E-state index in [1.807, 2.05) is 0 Å². The topological polar surface area (TPSA) is 70.6 Å². The molecule has 23 heavy (non-hydrogen) atoms. The van der Waals surface area contributed by atoms with Crippen molar-refractivity contribution in [1.29, 1.82) is 0 Å². The Morgan fingerprint density at radius 2 is 1.83 bits per heavy atom. The molecule has 8 heteroatoms. The van der Waals surface area contributed by atoms with Crippen LogP contribution in [0.5, 0.6) is 0 Å². The Morgan fingerprint density at radius 1 is 1.09 bits per heavy atom. The van der Waals surface area contributed by atoms with Crippen LogP contribution in [0.4, 0.5) is 5.00 Å². The highest BCUT2D eigenvalue weighted by Gasteiger charge is 2.17. The zero-order valence-corrected chi connectivity index (χ0v) is 14.6. The van der Waals surface area contributed by atoms with Crippen LogP contribution in [-0.4, -0.2) is 17.5 Å². The third kappa shape index (κ3) is 4.54. The van der Waals surface area contributed by atoms with Gasteiger partial charge in [0.15, 0.2) is 0 Å². The molecule has 0 unspecified atom stereocenters. The fourth-order valence-corrected chi connectivity index (χ4v) is 2.80. The minimum Gasteiger partial charge on any atom is -0.313 e. The van der Waals surface area contributed by atoms with Gasteiger partial charge in [0.25, 0.3) is 11.8 Å². The number of hydrogen-bond donors (Lipinski definition) is 2. The van der Waals surface area contributed by atoms with Crippen molar-refractivity contribution >= 4 is 57.1 Å². The van der Waals surface area contributed by atoms with Gasteiger partial charge < -0.3 is 5.32 Å². The lowest BCUT2D eigenvalue weighted by Gasteiger charge is -2.07. The minimum atomic E-state index is -0.441. The average Bonchev–Trinajstić information content (AvgIpc) is 2.95. The molecule has 0 atom stereocenters. The minimum absolute atomic E-state index is 0.237.